The maximum absolute atomic E-state index is 12.8. The summed E-state index contributed by atoms with van der Waals surface area (Å²) in [7, 11) is -2.04. The molecule has 0 unspecified atom stereocenters. The molecule has 4 rings (SSSR count). The number of para-hydroxylation sites is 1. The lowest BCUT2D eigenvalue weighted by molar-refractivity contribution is -0.113. The lowest BCUT2D eigenvalue weighted by atomic mass is 10.1. The molecule has 0 atom stereocenters. The Balaban J connectivity index is 1.53. The van der Waals surface area contributed by atoms with Crippen molar-refractivity contribution >= 4 is 33.5 Å². The predicted octanol–water partition coefficient (Wildman–Crippen LogP) is 3.31. The average molecular weight is 456 g/mol. The van der Waals surface area contributed by atoms with Crippen molar-refractivity contribution < 1.29 is 22.7 Å². The summed E-state index contributed by atoms with van der Waals surface area (Å²) < 4.78 is 40.8. The van der Waals surface area contributed by atoms with Gasteiger partial charge in [0.2, 0.25) is 0 Å². The van der Waals surface area contributed by atoms with Gasteiger partial charge in [0.05, 0.1) is 17.1 Å². The van der Waals surface area contributed by atoms with Gasteiger partial charge in [-0.05, 0) is 43.7 Å². The molecule has 1 N–H and O–H groups in total. The van der Waals surface area contributed by atoms with Gasteiger partial charge in [-0.2, -0.15) is 8.42 Å². The summed E-state index contributed by atoms with van der Waals surface area (Å²) in [4.78, 5) is 14.7. The van der Waals surface area contributed by atoms with E-state index < -0.39 is 10.0 Å². The molecule has 0 saturated carbocycles. The van der Waals surface area contributed by atoms with Crippen molar-refractivity contribution in [1.29, 1.82) is 0 Å². The molecule has 8 nitrogen and oxygen atoms in total. The summed E-state index contributed by atoms with van der Waals surface area (Å²) in [6.07, 6.45) is 3.26. The van der Waals surface area contributed by atoms with Gasteiger partial charge in [-0.15, -0.1) is 4.40 Å². The smallest absolute Gasteiger partial charge is 0.284 e. The first kappa shape index (κ1) is 21.9. The molecule has 0 spiro atoms. The number of fused-ring (bicyclic) bond motifs is 1. The number of carbonyl (C=O) groups is 1. The Morgan fingerprint density at radius 2 is 2.06 bits per heavy atom. The van der Waals surface area contributed by atoms with Crippen LogP contribution in [-0.2, 0) is 14.8 Å². The summed E-state index contributed by atoms with van der Waals surface area (Å²) in [5.74, 6) is 1.42. The van der Waals surface area contributed by atoms with Crippen LogP contribution in [0.25, 0.3) is 6.08 Å². The van der Waals surface area contributed by atoms with Crippen molar-refractivity contribution in [3.8, 4) is 11.5 Å². The Morgan fingerprint density at radius 1 is 1.25 bits per heavy atom. The first-order valence-corrected chi connectivity index (χ1v) is 11.9. The number of likely N-dealkylation sites (tertiary alicyclic amines) is 1. The summed E-state index contributed by atoms with van der Waals surface area (Å²) in [6.45, 7) is 3.28. The number of sulfonamides is 1. The molecule has 168 valence electrons. The molecule has 32 heavy (non-hydrogen) atoms. The minimum absolute atomic E-state index is 0.0312. The van der Waals surface area contributed by atoms with E-state index >= 15 is 0 Å². The van der Waals surface area contributed by atoms with Crippen LogP contribution in [0.5, 0.6) is 11.5 Å². The van der Waals surface area contributed by atoms with Crippen LogP contribution in [0, 0.1) is 0 Å². The van der Waals surface area contributed by atoms with Crippen molar-refractivity contribution in [3.05, 3.63) is 53.6 Å². The molecule has 1 saturated heterocycles. The van der Waals surface area contributed by atoms with Crippen LogP contribution in [0.3, 0.4) is 0 Å². The number of carbonyl (C=O) groups excluding carboxylic acids is 1. The van der Waals surface area contributed by atoms with E-state index in [9.17, 15) is 13.2 Å². The zero-order valence-electron chi connectivity index (χ0n) is 18.0. The largest absolute Gasteiger partial charge is 0.490 e. The van der Waals surface area contributed by atoms with Crippen molar-refractivity contribution in [1.82, 2.24) is 4.90 Å². The normalized spacial score (nSPS) is 16.9. The topological polar surface area (TPSA) is 97.3 Å². The molecule has 2 aliphatic heterocycles. The van der Waals surface area contributed by atoms with Crippen LogP contribution < -0.4 is 14.8 Å². The van der Waals surface area contributed by atoms with Crippen LogP contribution >= 0.6 is 0 Å². The van der Waals surface area contributed by atoms with Crippen molar-refractivity contribution in [2.75, 3.05) is 32.1 Å². The van der Waals surface area contributed by atoms with Crippen molar-refractivity contribution in [2.24, 2.45) is 4.40 Å². The highest BCUT2D eigenvalue weighted by Crippen LogP contribution is 2.36. The second kappa shape index (κ2) is 9.04. The fourth-order valence-electron chi connectivity index (χ4n) is 3.63. The fourth-order valence-corrected chi connectivity index (χ4v) is 4.77. The standard InChI is InChI=1S/C23H25N3O5S/c1-3-30-20-10-4-7-16-13-17(15-31-22(16)20)23(27)24-18-8-5-9-19(14-18)32(28,29)25-21-11-6-12-26(21)2/h4-5,7-10,13-14H,3,6,11-12,15H2,1-2H3,(H,24,27). The van der Waals surface area contributed by atoms with E-state index in [0.29, 0.717) is 41.6 Å². The number of amides is 1. The van der Waals surface area contributed by atoms with Gasteiger partial charge >= 0.3 is 0 Å². The maximum atomic E-state index is 12.8. The lowest BCUT2D eigenvalue weighted by Gasteiger charge is -2.20. The van der Waals surface area contributed by atoms with E-state index in [1.807, 2.05) is 37.1 Å². The molecule has 2 aromatic carbocycles. The van der Waals surface area contributed by atoms with Gasteiger partial charge in [-0.1, -0.05) is 18.2 Å². The molecular weight excluding hydrogens is 430 g/mol. The van der Waals surface area contributed by atoms with Gasteiger partial charge in [0, 0.05) is 31.3 Å². The third-order valence-electron chi connectivity index (χ3n) is 5.25. The molecule has 0 bridgehead atoms. The third kappa shape index (κ3) is 4.62. The van der Waals surface area contributed by atoms with Gasteiger partial charge in [-0.3, -0.25) is 4.79 Å². The zero-order chi connectivity index (χ0) is 22.7. The van der Waals surface area contributed by atoms with Gasteiger partial charge < -0.3 is 19.7 Å². The fraction of sp³-hybridized carbons (Fsp3) is 0.304. The van der Waals surface area contributed by atoms with Gasteiger partial charge in [0.15, 0.2) is 11.5 Å². The number of amidine groups is 1. The zero-order valence-corrected chi connectivity index (χ0v) is 18.8. The summed E-state index contributed by atoms with van der Waals surface area (Å²) >= 11 is 0. The Hall–Kier alpha value is -3.33. The monoisotopic (exact) mass is 455 g/mol. The second-order valence-electron chi connectivity index (χ2n) is 7.56. The van der Waals surface area contributed by atoms with E-state index in [1.165, 1.54) is 12.1 Å². The number of hydrogen-bond donors (Lipinski definition) is 1. The Labute approximate surface area is 187 Å². The van der Waals surface area contributed by atoms with Crippen molar-refractivity contribution in [2.45, 2.75) is 24.7 Å². The first-order valence-electron chi connectivity index (χ1n) is 10.4. The molecule has 2 aromatic rings. The molecular formula is C23H25N3O5S. The maximum Gasteiger partial charge on any atom is 0.284 e. The van der Waals surface area contributed by atoms with Crippen molar-refractivity contribution in [3.63, 3.8) is 0 Å². The number of ether oxygens (including phenoxy) is 2. The Bertz CT molecular complexity index is 1200. The quantitative estimate of drug-likeness (QED) is 0.718. The molecule has 0 radical (unpaired) electrons. The predicted molar refractivity (Wildman–Crippen MR) is 123 cm³/mol. The SMILES string of the molecule is CCOc1cccc2c1OCC(C(=O)Nc1cccc(S(=O)(=O)N=C3CCCN3C)c1)=C2. The molecule has 2 heterocycles. The number of hydrogen-bond acceptors (Lipinski definition) is 5. The molecule has 0 aliphatic carbocycles. The highest BCUT2D eigenvalue weighted by Gasteiger charge is 2.22. The van der Waals surface area contributed by atoms with Gasteiger partial charge in [-0.25, -0.2) is 0 Å². The summed E-state index contributed by atoms with van der Waals surface area (Å²) in [5, 5.41) is 2.76. The molecule has 9 heteroatoms. The average Bonchev–Trinajstić information content (AvgIpc) is 3.17. The highest BCUT2D eigenvalue weighted by atomic mass is 32.2. The van der Waals surface area contributed by atoms with Gasteiger partial charge in [0.1, 0.15) is 12.4 Å². The van der Waals surface area contributed by atoms with E-state index in [2.05, 4.69) is 9.71 Å². The van der Waals surface area contributed by atoms with Crippen LogP contribution in [0.1, 0.15) is 25.3 Å². The number of nitrogens with zero attached hydrogens (tertiary/aromatic N) is 2. The summed E-state index contributed by atoms with van der Waals surface area (Å²) in [5.41, 5.74) is 1.54. The number of anilines is 1. The minimum atomic E-state index is -3.87. The van der Waals surface area contributed by atoms with Crippen LogP contribution in [0.4, 0.5) is 5.69 Å². The molecule has 1 amide bonds. The first-order chi connectivity index (χ1) is 15.4. The molecule has 1 fully saturated rings. The minimum Gasteiger partial charge on any atom is -0.490 e. The van der Waals surface area contributed by atoms with Crippen LogP contribution in [0.15, 0.2) is 57.3 Å². The van der Waals surface area contributed by atoms with Crippen LogP contribution in [0.2, 0.25) is 0 Å². The van der Waals surface area contributed by atoms with E-state index in [-0.39, 0.29) is 17.4 Å². The second-order valence-corrected chi connectivity index (χ2v) is 9.16. The Morgan fingerprint density at radius 3 is 2.81 bits per heavy atom. The summed E-state index contributed by atoms with van der Waals surface area (Å²) in [6, 6.07) is 11.6. The lowest BCUT2D eigenvalue weighted by Crippen LogP contribution is -2.22. The molecule has 2 aliphatic rings. The van der Waals surface area contributed by atoms with Crippen LogP contribution in [-0.4, -0.2) is 51.9 Å². The van der Waals surface area contributed by atoms with E-state index in [1.54, 1.807) is 18.2 Å². The number of benzene rings is 2. The van der Waals surface area contributed by atoms with Gasteiger partial charge in [0.25, 0.3) is 15.9 Å². The number of nitrogens with one attached hydrogen (secondary N) is 1. The number of rotatable bonds is 6. The highest BCUT2D eigenvalue weighted by molar-refractivity contribution is 7.90. The third-order valence-corrected chi connectivity index (χ3v) is 6.55. The van der Waals surface area contributed by atoms with E-state index in [4.69, 9.17) is 9.47 Å². The Kier molecular flexibility index (Phi) is 6.18. The molecule has 0 aromatic heterocycles. The van der Waals surface area contributed by atoms with E-state index in [0.717, 1.165) is 18.5 Å².